The zero-order valence-corrected chi connectivity index (χ0v) is 13.3. The molecule has 2 rings (SSSR count). The van der Waals surface area contributed by atoms with Crippen molar-refractivity contribution >= 4 is 0 Å². The van der Waals surface area contributed by atoms with Gasteiger partial charge in [0.05, 0.1) is 7.11 Å². The molecule has 0 heterocycles. The van der Waals surface area contributed by atoms with Crippen molar-refractivity contribution in [1.29, 1.82) is 0 Å². The van der Waals surface area contributed by atoms with E-state index in [9.17, 15) is 0 Å². The fourth-order valence-corrected chi connectivity index (χ4v) is 2.54. The molecule has 0 aromatic heterocycles. The fourth-order valence-electron chi connectivity index (χ4n) is 2.54. The Hall–Kier alpha value is -1.76. The number of hydrogen-bond donors (Lipinski definition) is 0. The Balaban J connectivity index is 1.77. The molecule has 0 aliphatic rings. The number of unbranched alkanes of at least 4 members (excludes halogenated alkanes) is 1. The Morgan fingerprint density at radius 2 is 1.10 bits per heavy atom. The average Bonchev–Trinajstić information content (AvgIpc) is 2.55. The van der Waals surface area contributed by atoms with E-state index in [-0.39, 0.29) is 0 Å². The van der Waals surface area contributed by atoms with Gasteiger partial charge in [0.25, 0.3) is 0 Å². The number of aryl methyl sites for hydroxylation is 3. The summed E-state index contributed by atoms with van der Waals surface area (Å²) < 4.78 is 5.18. The van der Waals surface area contributed by atoms with Gasteiger partial charge in [-0.05, 0) is 60.9 Å². The molecule has 0 atom stereocenters. The van der Waals surface area contributed by atoms with Crippen LogP contribution in [0.3, 0.4) is 0 Å². The highest BCUT2D eigenvalue weighted by Crippen LogP contribution is 2.14. The van der Waals surface area contributed by atoms with E-state index < -0.39 is 0 Å². The summed E-state index contributed by atoms with van der Waals surface area (Å²) in [5.41, 5.74) is 4.30. The van der Waals surface area contributed by atoms with E-state index in [0.717, 1.165) is 18.6 Å². The third kappa shape index (κ3) is 5.26. The summed E-state index contributed by atoms with van der Waals surface area (Å²) in [6.07, 6.45) is 7.24. The van der Waals surface area contributed by atoms with Crippen LogP contribution in [0.5, 0.6) is 5.75 Å². The Kier molecular flexibility index (Phi) is 6.33. The summed E-state index contributed by atoms with van der Waals surface area (Å²) in [7, 11) is 1.71. The van der Waals surface area contributed by atoms with Crippen LogP contribution in [0.25, 0.3) is 0 Å². The van der Waals surface area contributed by atoms with Crippen molar-refractivity contribution in [3.8, 4) is 5.75 Å². The first kappa shape index (κ1) is 15.6. The molecule has 0 saturated heterocycles. The van der Waals surface area contributed by atoms with E-state index in [0.29, 0.717) is 0 Å². The molecule has 0 amide bonds. The monoisotopic (exact) mass is 282 g/mol. The molecule has 0 N–H and O–H groups in total. The Morgan fingerprint density at radius 3 is 1.52 bits per heavy atom. The van der Waals surface area contributed by atoms with Crippen molar-refractivity contribution in [2.75, 3.05) is 7.11 Å². The molecule has 1 nitrogen and oxygen atoms in total. The molecule has 112 valence electrons. The summed E-state index contributed by atoms with van der Waals surface area (Å²) in [5, 5.41) is 0. The minimum Gasteiger partial charge on any atom is -0.497 e. The van der Waals surface area contributed by atoms with Gasteiger partial charge >= 0.3 is 0 Å². The molecule has 0 unspecified atom stereocenters. The average molecular weight is 282 g/mol. The Morgan fingerprint density at radius 1 is 0.667 bits per heavy atom. The number of hydrogen-bond acceptors (Lipinski definition) is 1. The highest BCUT2D eigenvalue weighted by Gasteiger charge is 1.98. The van der Waals surface area contributed by atoms with Crippen LogP contribution < -0.4 is 4.74 Å². The summed E-state index contributed by atoms with van der Waals surface area (Å²) in [4.78, 5) is 0. The van der Waals surface area contributed by atoms with Gasteiger partial charge in [-0.25, -0.2) is 0 Å². The molecular formula is C20H26O. The maximum absolute atomic E-state index is 5.18. The fraction of sp³-hybridized carbons (Fsp3) is 0.400. The number of ether oxygens (including phenoxy) is 1. The third-order valence-corrected chi connectivity index (χ3v) is 3.93. The minimum atomic E-state index is 0.932. The van der Waals surface area contributed by atoms with Gasteiger partial charge in [-0.1, -0.05) is 49.7 Å². The molecule has 0 bridgehead atoms. The second-order valence-corrected chi connectivity index (χ2v) is 5.62. The van der Waals surface area contributed by atoms with Gasteiger partial charge in [0.15, 0.2) is 0 Å². The van der Waals surface area contributed by atoms with Crippen LogP contribution in [0.2, 0.25) is 0 Å². The lowest BCUT2D eigenvalue weighted by atomic mass is 10.0. The number of rotatable bonds is 8. The topological polar surface area (TPSA) is 9.23 Å². The van der Waals surface area contributed by atoms with Gasteiger partial charge < -0.3 is 4.74 Å². The lowest BCUT2D eigenvalue weighted by Crippen LogP contribution is -1.92. The number of benzene rings is 2. The van der Waals surface area contributed by atoms with Crippen molar-refractivity contribution in [3.63, 3.8) is 0 Å². The van der Waals surface area contributed by atoms with Crippen LogP contribution in [0.1, 0.15) is 42.9 Å². The summed E-state index contributed by atoms with van der Waals surface area (Å²) in [6, 6.07) is 17.6. The molecule has 1 heteroatoms. The van der Waals surface area contributed by atoms with Crippen molar-refractivity contribution in [1.82, 2.24) is 0 Å². The summed E-state index contributed by atoms with van der Waals surface area (Å²) in [6.45, 7) is 2.24. The van der Waals surface area contributed by atoms with Gasteiger partial charge in [0, 0.05) is 0 Å². The van der Waals surface area contributed by atoms with E-state index >= 15 is 0 Å². The predicted octanol–water partition coefficient (Wildman–Crippen LogP) is 5.21. The molecule has 0 radical (unpaired) electrons. The van der Waals surface area contributed by atoms with Crippen molar-refractivity contribution in [2.24, 2.45) is 0 Å². The van der Waals surface area contributed by atoms with E-state index in [1.165, 1.54) is 42.4 Å². The van der Waals surface area contributed by atoms with Crippen LogP contribution in [0.4, 0.5) is 0 Å². The van der Waals surface area contributed by atoms with Crippen LogP contribution in [-0.2, 0) is 19.3 Å². The molecular weight excluding hydrogens is 256 g/mol. The lowest BCUT2D eigenvalue weighted by molar-refractivity contribution is 0.414. The van der Waals surface area contributed by atoms with Gasteiger partial charge in [-0.15, -0.1) is 0 Å². The zero-order chi connectivity index (χ0) is 14.9. The van der Waals surface area contributed by atoms with Crippen molar-refractivity contribution in [2.45, 2.75) is 45.4 Å². The van der Waals surface area contributed by atoms with Crippen LogP contribution in [0.15, 0.2) is 48.5 Å². The predicted molar refractivity (Wildman–Crippen MR) is 90.1 cm³/mol. The zero-order valence-electron chi connectivity index (χ0n) is 13.3. The molecule has 2 aromatic rings. The maximum atomic E-state index is 5.18. The minimum absolute atomic E-state index is 0.932. The second kappa shape index (κ2) is 8.51. The third-order valence-electron chi connectivity index (χ3n) is 3.93. The molecule has 0 saturated carbocycles. The van der Waals surface area contributed by atoms with Gasteiger partial charge in [-0.2, -0.15) is 0 Å². The first-order valence-electron chi connectivity index (χ1n) is 8.02. The molecule has 0 fully saturated rings. The quantitative estimate of drug-likeness (QED) is 0.645. The van der Waals surface area contributed by atoms with Crippen molar-refractivity contribution < 1.29 is 4.74 Å². The summed E-state index contributed by atoms with van der Waals surface area (Å²) in [5.74, 6) is 0.932. The van der Waals surface area contributed by atoms with Gasteiger partial charge in [-0.3, -0.25) is 0 Å². The molecule has 0 aliphatic heterocycles. The van der Waals surface area contributed by atoms with E-state index in [1.54, 1.807) is 7.11 Å². The first-order valence-corrected chi connectivity index (χ1v) is 8.02. The van der Waals surface area contributed by atoms with E-state index in [2.05, 4.69) is 43.3 Å². The molecule has 0 aliphatic carbocycles. The highest BCUT2D eigenvalue weighted by atomic mass is 16.5. The van der Waals surface area contributed by atoms with Crippen molar-refractivity contribution in [3.05, 3.63) is 65.2 Å². The highest BCUT2D eigenvalue weighted by molar-refractivity contribution is 5.27. The van der Waals surface area contributed by atoms with E-state index in [4.69, 9.17) is 4.74 Å². The molecule has 0 spiro atoms. The smallest absolute Gasteiger partial charge is 0.118 e. The summed E-state index contributed by atoms with van der Waals surface area (Å²) >= 11 is 0. The van der Waals surface area contributed by atoms with Crippen LogP contribution >= 0.6 is 0 Å². The molecule has 2 aromatic carbocycles. The SMILES string of the molecule is CCCCc1ccc(CCCc2ccc(OC)cc2)cc1. The maximum Gasteiger partial charge on any atom is 0.118 e. The second-order valence-electron chi connectivity index (χ2n) is 5.62. The normalized spacial score (nSPS) is 10.6. The van der Waals surface area contributed by atoms with Gasteiger partial charge in [0.2, 0.25) is 0 Å². The van der Waals surface area contributed by atoms with Crippen LogP contribution in [-0.4, -0.2) is 7.11 Å². The lowest BCUT2D eigenvalue weighted by Gasteiger charge is -2.05. The van der Waals surface area contributed by atoms with Crippen LogP contribution in [0, 0.1) is 0 Å². The Labute approximate surface area is 129 Å². The number of methoxy groups -OCH3 is 1. The standard InChI is InChI=1S/C20H26O/c1-3-4-6-17-9-11-18(12-10-17)7-5-8-19-13-15-20(21-2)16-14-19/h9-16H,3-8H2,1-2H3. The first-order chi connectivity index (χ1) is 10.3. The Bertz CT molecular complexity index is 511. The largest absolute Gasteiger partial charge is 0.497 e. The molecule has 21 heavy (non-hydrogen) atoms. The van der Waals surface area contributed by atoms with E-state index in [1.807, 2.05) is 12.1 Å². The van der Waals surface area contributed by atoms with Gasteiger partial charge in [0.1, 0.15) is 5.75 Å².